The van der Waals surface area contributed by atoms with Gasteiger partial charge in [0.05, 0.1) is 20.1 Å². The lowest BCUT2D eigenvalue weighted by atomic mass is 10.2. The third-order valence-electron chi connectivity index (χ3n) is 3.07. The van der Waals surface area contributed by atoms with Crippen molar-refractivity contribution in [2.75, 3.05) is 5.75 Å². The van der Waals surface area contributed by atoms with Gasteiger partial charge >= 0.3 is 0 Å². The normalized spacial score (nSPS) is 10.8. The predicted octanol–water partition coefficient (Wildman–Crippen LogP) is 4.37. The number of carbonyl (C=O) groups excluding carboxylic acids is 1. The first-order chi connectivity index (χ1) is 10.6. The van der Waals surface area contributed by atoms with Gasteiger partial charge in [-0.05, 0) is 46.6 Å². The highest BCUT2D eigenvalue weighted by Crippen LogP contribution is 2.26. The summed E-state index contributed by atoms with van der Waals surface area (Å²) in [6.45, 7) is 2.04. The van der Waals surface area contributed by atoms with Crippen molar-refractivity contribution in [1.82, 2.24) is 14.8 Å². The van der Waals surface area contributed by atoms with E-state index in [0.29, 0.717) is 5.75 Å². The number of hydrogen-bond acceptors (Lipinski definition) is 5. The standard InChI is InChI=1S/C15H12BrN3OS2/c1-10-4-2-3-5-11(10)19-9-17-18-15(19)21-8-12(20)13-6-7-14(16)22-13/h2-7,9H,8H2,1H3. The van der Waals surface area contributed by atoms with Crippen molar-refractivity contribution in [3.05, 3.63) is 57.0 Å². The number of para-hydroxylation sites is 1. The van der Waals surface area contributed by atoms with Gasteiger partial charge in [-0.15, -0.1) is 21.5 Å². The van der Waals surface area contributed by atoms with Gasteiger partial charge in [0, 0.05) is 0 Å². The molecule has 0 spiro atoms. The molecule has 2 aromatic heterocycles. The Hall–Kier alpha value is -1.44. The molecule has 112 valence electrons. The number of aromatic nitrogens is 3. The number of hydrogen-bond donors (Lipinski definition) is 0. The second-order valence-electron chi connectivity index (χ2n) is 4.59. The van der Waals surface area contributed by atoms with Crippen molar-refractivity contribution < 1.29 is 4.79 Å². The number of Topliss-reactive ketones (excluding diaryl/α,β-unsaturated/α-hetero) is 1. The smallest absolute Gasteiger partial charge is 0.196 e. The monoisotopic (exact) mass is 393 g/mol. The average Bonchev–Trinajstić information content (AvgIpc) is 3.14. The minimum Gasteiger partial charge on any atom is -0.292 e. The number of halogens is 1. The minimum absolute atomic E-state index is 0.0973. The molecule has 3 aromatic rings. The number of aryl methyl sites for hydroxylation is 1. The van der Waals surface area contributed by atoms with E-state index in [9.17, 15) is 4.79 Å². The molecule has 0 N–H and O–H groups in total. The van der Waals surface area contributed by atoms with Crippen LogP contribution in [0.4, 0.5) is 0 Å². The van der Waals surface area contributed by atoms with Crippen LogP contribution in [0.1, 0.15) is 15.2 Å². The van der Waals surface area contributed by atoms with Crippen LogP contribution in [0, 0.1) is 6.92 Å². The maximum Gasteiger partial charge on any atom is 0.196 e. The molecule has 0 saturated carbocycles. The molecule has 0 unspecified atom stereocenters. The summed E-state index contributed by atoms with van der Waals surface area (Å²) in [5.41, 5.74) is 2.17. The van der Waals surface area contributed by atoms with E-state index in [0.717, 1.165) is 25.1 Å². The largest absolute Gasteiger partial charge is 0.292 e. The highest BCUT2D eigenvalue weighted by Gasteiger charge is 2.13. The molecular weight excluding hydrogens is 382 g/mol. The first-order valence-electron chi connectivity index (χ1n) is 6.52. The van der Waals surface area contributed by atoms with Gasteiger partial charge in [0.2, 0.25) is 0 Å². The topological polar surface area (TPSA) is 47.8 Å². The second-order valence-corrected chi connectivity index (χ2v) is 7.99. The second kappa shape index (κ2) is 6.76. The Morgan fingerprint density at radius 2 is 2.14 bits per heavy atom. The van der Waals surface area contributed by atoms with Crippen molar-refractivity contribution in [3.63, 3.8) is 0 Å². The van der Waals surface area contributed by atoms with E-state index in [1.165, 1.54) is 23.1 Å². The SMILES string of the molecule is Cc1ccccc1-n1cnnc1SCC(=O)c1ccc(Br)s1. The van der Waals surface area contributed by atoms with Gasteiger partial charge in [-0.2, -0.15) is 0 Å². The molecule has 0 amide bonds. The molecule has 1 aromatic carbocycles. The third-order valence-corrected chi connectivity index (χ3v) is 5.68. The van der Waals surface area contributed by atoms with Gasteiger partial charge in [0.1, 0.15) is 6.33 Å². The molecule has 0 aliphatic rings. The van der Waals surface area contributed by atoms with Crippen LogP contribution in [-0.4, -0.2) is 26.3 Å². The molecule has 0 bridgehead atoms. The van der Waals surface area contributed by atoms with Gasteiger partial charge in [-0.3, -0.25) is 9.36 Å². The molecule has 4 nitrogen and oxygen atoms in total. The Bertz CT molecular complexity index is 812. The Kier molecular flexibility index (Phi) is 4.75. The van der Waals surface area contributed by atoms with E-state index in [4.69, 9.17) is 0 Å². The first kappa shape index (κ1) is 15.5. The zero-order chi connectivity index (χ0) is 15.5. The van der Waals surface area contributed by atoms with Crippen molar-refractivity contribution >= 4 is 44.8 Å². The van der Waals surface area contributed by atoms with Crippen molar-refractivity contribution in [1.29, 1.82) is 0 Å². The summed E-state index contributed by atoms with van der Waals surface area (Å²) in [6, 6.07) is 11.8. The maximum atomic E-state index is 12.2. The van der Waals surface area contributed by atoms with Gasteiger partial charge in [-0.1, -0.05) is 30.0 Å². The number of thiophene rings is 1. The lowest BCUT2D eigenvalue weighted by Crippen LogP contribution is -2.03. The Balaban J connectivity index is 1.76. The Morgan fingerprint density at radius 1 is 1.32 bits per heavy atom. The molecule has 2 heterocycles. The fourth-order valence-electron chi connectivity index (χ4n) is 1.99. The fourth-order valence-corrected chi connectivity index (χ4v) is 4.21. The Labute approximate surface area is 144 Å². The van der Waals surface area contributed by atoms with Crippen LogP contribution in [-0.2, 0) is 0 Å². The summed E-state index contributed by atoms with van der Waals surface area (Å²) in [4.78, 5) is 12.9. The van der Waals surface area contributed by atoms with Gasteiger partial charge in [0.15, 0.2) is 10.9 Å². The molecule has 22 heavy (non-hydrogen) atoms. The van der Waals surface area contributed by atoms with E-state index in [1.54, 1.807) is 6.33 Å². The highest BCUT2D eigenvalue weighted by molar-refractivity contribution is 9.11. The maximum absolute atomic E-state index is 12.2. The molecule has 0 radical (unpaired) electrons. The van der Waals surface area contributed by atoms with Gasteiger partial charge < -0.3 is 0 Å². The quantitative estimate of drug-likeness (QED) is 0.476. The lowest BCUT2D eigenvalue weighted by molar-refractivity contribution is 0.102. The summed E-state index contributed by atoms with van der Waals surface area (Å²) in [5.74, 6) is 0.442. The van der Waals surface area contributed by atoms with Crippen LogP contribution in [0.3, 0.4) is 0 Å². The number of ketones is 1. The average molecular weight is 394 g/mol. The third kappa shape index (κ3) is 3.31. The van der Waals surface area contributed by atoms with Crippen molar-refractivity contribution in [3.8, 4) is 5.69 Å². The van der Waals surface area contributed by atoms with E-state index >= 15 is 0 Å². The minimum atomic E-state index is 0.0973. The van der Waals surface area contributed by atoms with E-state index in [-0.39, 0.29) is 5.78 Å². The number of nitrogens with zero attached hydrogens (tertiary/aromatic N) is 3. The molecule has 0 atom stereocenters. The molecule has 3 rings (SSSR count). The van der Waals surface area contributed by atoms with Crippen molar-refractivity contribution in [2.24, 2.45) is 0 Å². The molecule has 7 heteroatoms. The van der Waals surface area contributed by atoms with Gasteiger partial charge in [0.25, 0.3) is 0 Å². The van der Waals surface area contributed by atoms with Crippen LogP contribution in [0.2, 0.25) is 0 Å². The fraction of sp³-hybridized carbons (Fsp3) is 0.133. The summed E-state index contributed by atoms with van der Waals surface area (Å²) in [6.07, 6.45) is 1.68. The van der Waals surface area contributed by atoms with Crippen molar-refractivity contribution in [2.45, 2.75) is 12.1 Å². The van der Waals surface area contributed by atoms with Crippen LogP contribution < -0.4 is 0 Å². The lowest BCUT2D eigenvalue weighted by Gasteiger charge is -2.08. The van der Waals surface area contributed by atoms with Crippen LogP contribution in [0.15, 0.2) is 51.7 Å². The molecule has 0 aliphatic carbocycles. The first-order valence-corrected chi connectivity index (χ1v) is 9.12. The number of rotatable bonds is 5. The number of carbonyl (C=O) groups is 1. The summed E-state index contributed by atoms with van der Waals surface area (Å²) in [5, 5.41) is 8.81. The zero-order valence-corrected chi connectivity index (χ0v) is 14.9. The summed E-state index contributed by atoms with van der Waals surface area (Å²) in [7, 11) is 0. The molecule has 0 fully saturated rings. The molecule has 0 saturated heterocycles. The summed E-state index contributed by atoms with van der Waals surface area (Å²) < 4.78 is 2.88. The van der Waals surface area contributed by atoms with E-state index in [1.807, 2.05) is 47.9 Å². The molecular formula is C15H12BrN3OS2. The number of benzene rings is 1. The highest BCUT2D eigenvalue weighted by atomic mass is 79.9. The predicted molar refractivity (Wildman–Crippen MR) is 93.2 cm³/mol. The van der Waals surface area contributed by atoms with Crippen LogP contribution >= 0.6 is 39.0 Å². The van der Waals surface area contributed by atoms with Crippen LogP contribution in [0.25, 0.3) is 5.69 Å². The van der Waals surface area contributed by atoms with Gasteiger partial charge in [-0.25, -0.2) is 0 Å². The molecule has 0 aliphatic heterocycles. The summed E-state index contributed by atoms with van der Waals surface area (Å²) >= 11 is 6.22. The van der Waals surface area contributed by atoms with Crippen LogP contribution in [0.5, 0.6) is 0 Å². The zero-order valence-electron chi connectivity index (χ0n) is 11.7. The Morgan fingerprint density at radius 3 is 2.86 bits per heavy atom. The van der Waals surface area contributed by atoms with E-state index < -0.39 is 0 Å². The van der Waals surface area contributed by atoms with E-state index in [2.05, 4.69) is 26.1 Å². The number of thioether (sulfide) groups is 1.